The summed E-state index contributed by atoms with van der Waals surface area (Å²) in [5, 5.41) is 11.9. The lowest BCUT2D eigenvalue weighted by Crippen LogP contribution is -2.16. The van der Waals surface area contributed by atoms with Crippen molar-refractivity contribution in [2.75, 3.05) is 11.1 Å². The average molecular weight is 495 g/mol. The molecule has 1 aromatic heterocycles. The van der Waals surface area contributed by atoms with Gasteiger partial charge in [-0.1, -0.05) is 42.1 Å². The smallest absolute Gasteiger partial charge is 0.338 e. The van der Waals surface area contributed by atoms with Gasteiger partial charge >= 0.3 is 5.97 Å². The fourth-order valence-electron chi connectivity index (χ4n) is 3.34. The van der Waals surface area contributed by atoms with Crippen LogP contribution in [0.3, 0.4) is 0 Å². The van der Waals surface area contributed by atoms with Crippen molar-refractivity contribution in [2.24, 2.45) is 0 Å². The van der Waals surface area contributed by atoms with E-state index >= 15 is 0 Å². The van der Waals surface area contributed by atoms with E-state index < -0.39 is 5.97 Å². The fraction of sp³-hybridized carbons (Fsp3) is 0.308. The van der Waals surface area contributed by atoms with E-state index in [-0.39, 0.29) is 24.4 Å². The van der Waals surface area contributed by atoms with Gasteiger partial charge in [0.15, 0.2) is 11.0 Å². The second-order valence-electron chi connectivity index (χ2n) is 8.18. The molecule has 35 heavy (non-hydrogen) atoms. The van der Waals surface area contributed by atoms with Crippen molar-refractivity contribution in [3.05, 3.63) is 77.6 Å². The molecular weight excluding hydrogens is 464 g/mol. The quantitative estimate of drug-likeness (QED) is 0.229. The lowest BCUT2D eigenvalue weighted by molar-refractivity contribution is -0.113. The second-order valence-corrected chi connectivity index (χ2v) is 9.12. The minimum atomic E-state index is -0.432. The average Bonchev–Trinajstić information content (AvgIpc) is 3.19. The molecule has 9 heteroatoms. The number of aromatic nitrogens is 3. The number of amides is 1. The van der Waals surface area contributed by atoms with Crippen LogP contribution in [0.15, 0.2) is 60.3 Å². The van der Waals surface area contributed by atoms with Crippen LogP contribution in [-0.4, -0.2) is 38.5 Å². The molecule has 1 amide bonds. The molecule has 0 aliphatic carbocycles. The minimum Gasteiger partial charge on any atom is -0.485 e. The number of rotatable bonds is 11. The maximum absolute atomic E-state index is 12.6. The van der Waals surface area contributed by atoms with Crippen molar-refractivity contribution in [1.82, 2.24) is 14.8 Å². The monoisotopic (exact) mass is 494 g/mol. The number of benzene rings is 2. The number of thioether (sulfide) groups is 1. The Balaban J connectivity index is 1.62. The van der Waals surface area contributed by atoms with Crippen molar-refractivity contribution in [3.63, 3.8) is 0 Å². The first-order valence-electron chi connectivity index (χ1n) is 11.2. The Morgan fingerprint density at radius 2 is 1.86 bits per heavy atom. The van der Waals surface area contributed by atoms with Gasteiger partial charge < -0.3 is 14.8 Å². The summed E-state index contributed by atoms with van der Waals surface area (Å²) in [5.41, 5.74) is 2.99. The molecule has 184 valence electrons. The van der Waals surface area contributed by atoms with Gasteiger partial charge in [-0.25, -0.2) is 4.79 Å². The maximum atomic E-state index is 12.6. The van der Waals surface area contributed by atoms with Gasteiger partial charge in [0.25, 0.3) is 0 Å². The summed E-state index contributed by atoms with van der Waals surface area (Å²) in [6.45, 7) is 12.1. The van der Waals surface area contributed by atoms with Gasteiger partial charge in [0.2, 0.25) is 5.91 Å². The molecule has 1 N–H and O–H groups in total. The molecule has 0 fully saturated rings. The molecule has 0 radical (unpaired) electrons. The van der Waals surface area contributed by atoms with Gasteiger partial charge in [0.05, 0.1) is 17.4 Å². The van der Waals surface area contributed by atoms with Crippen LogP contribution in [-0.2, 0) is 22.7 Å². The number of ether oxygens (including phenoxy) is 2. The molecule has 0 bridgehead atoms. The van der Waals surface area contributed by atoms with Crippen LogP contribution >= 0.6 is 11.8 Å². The van der Waals surface area contributed by atoms with Gasteiger partial charge in [0.1, 0.15) is 12.4 Å². The zero-order valence-corrected chi connectivity index (χ0v) is 21.2. The highest BCUT2D eigenvalue weighted by molar-refractivity contribution is 7.99. The van der Waals surface area contributed by atoms with E-state index in [2.05, 4.69) is 22.1 Å². The Kier molecular flexibility index (Phi) is 9.08. The number of aryl methyl sites for hydroxylation is 2. The van der Waals surface area contributed by atoms with Crippen LogP contribution in [0.5, 0.6) is 5.75 Å². The van der Waals surface area contributed by atoms with E-state index in [9.17, 15) is 9.59 Å². The van der Waals surface area contributed by atoms with Crippen LogP contribution in [0.2, 0.25) is 0 Å². The van der Waals surface area contributed by atoms with Crippen molar-refractivity contribution in [1.29, 1.82) is 0 Å². The zero-order chi connectivity index (χ0) is 25.4. The van der Waals surface area contributed by atoms with E-state index in [1.54, 1.807) is 44.2 Å². The number of nitrogens with zero attached hydrogens (tertiary/aromatic N) is 3. The van der Waals surface area contributed by atoms with Crippen molar-refractivity contribution in [2.45, 2.75) is 52.1 Å². The Hall–Kier alpha value is -3.59. The molecule has 3 aromatic rings. The molecule has 1 heterocycles. The number of anilines is 1. The third-order valence-electron chi connectivity index (χ3n) is 4.92. The number of carbonyl (C=O) groups is 2. The summed E-state index contributed by atoms with van der Waals surface area (Å²) in [5.74, 6) is 0.929. The van der Waals surface area contributed by atoms with Crippen LogP contribution in [0.1, 0.15) is 41.2 Å². The molecule has 8 nitrogen and oxygen atoms in total. The number of allylic oxidation sites excluding steroid dienone is 1. The molecule has 2 aromatic carbocycles. The highest BCUT2D eigenvalue weighted by Gasteiger charge is 2.16. The molecule has 0 saturated heterocycles. The van der Waals surface area contributed by atoms with Gasteiger partial charge in [0, 0.05) is 12.2 Å². The molecule has 0 saturated carbocycles. The first-order chi connectivity index (χ1) is 16.8. The number of nitrogens with one attached hydrogen (secondary N) is 1. The number of hydrogen-bond donors (Lipinski definition) is 1. The van der Waals surface area contributed by atoms with E-state index in [0.717, 1.165) is 16.9 Å². The van der Waals surface area contributed by atoms with Crippen LogP contribution in [0.25, 0.3) is 0 Å². The molecule has 0 aliphatic rings. The molecule has 0 atom stereocenters. The number of carbonyl (C=O) groups excluding carboxylic acids is 2. The van der Waals surface area contributed by atoms with Gasteiger partial charge in [-0.3, -0.25) is 9.36 Å². The topological polar surface area (TPSA) is 95.3 Å². The molecule has 3 rings (SSSR count). The molecule has 0 spiro atoms. The van der Waals surface area contributed by atoms with Crippen LogP contribution in [0.4, 0.5) is 5.69 Å². The summed E-state index contributed by atoms with van der Waals surface area (Å²) in [6, 6.07) is 12.6. The van der Waals surface area contributed by atoms with Crippen LogP contribution in [0, 0.1) is 13.8 Å². The summed E-state index contributed by atoms with van der Waals surface area (Å²) < 4.78 is 13.1. The first-order valence-corrected chi connectivity index (χ1v) is 12.2. The largest absolute Gasteiger partial charge is 0.485 e. The van der Waals surface area contributed by atoms with E-state index in [1.807, 2.05) is 36.6 Å². The normalized spacial score (nSPS) is 10.8. The summed E-state index contributed by atoms with van der Waals surface area (Å²) >= 11 is 1.26. The van der Waals surface area contributed by atoms with Crippen LogP contribution < -0.4 is 10.1 Å². The zero-order valence-electron chi connectivity index (χ0n) is 20.4. The maximum Gasteiger partial charge on any atom is 0.338 e. The van der Waals surface area contributed by atoms with Crippen molar-refractivity contribution < 1.29 is 19.1 Å². The van der Waals surface area contributed by atoms with Crippen molar-refractivity contribution in [3.8, 4) is 5.75 Å². The highest BCUT2D eigenvalue weighted by Crippen LogP contribution is 2.24. The van der Waals surface area contributed by atoms with Gasteiger partial charge in [-0.05, 0) is 57.0 Å². The molecular formula is C26H30N4O4S. The minimum absolute atomic E-state index is 0.119. The predicted molar refractivity (Wildman–Crippen MR) is 137 cm³/mol. The number of esters is 1. The van der Waals surface area contributed by atoms with E-state index in [4.69, 9.17) is 9.47 Å². The lowest BCUT2D eigenvalue weighted by Gasteiger charge is -2.12. The third kappa shape index (κ3) is 7.19. The molecule has 0 unspecified atom stereocenters. The Morgan fingerprint density at radius 1 is 1.14 bits per heavy atom. The third-order valence-corrected chi connectivity index (χ3v) is 5.88. The second kappa shape index (κ2) is 12.2. The Morgan fingerprint density at radius 3 is 2.54 bits per heavy atom. The number of para-hydroxylation sites is 1. The standard InChI is InChI=1S/C26H30N4O4S/c1-6-13-30-22(15-33-24-18(4)9-7-10-19(24)5)28-29-26(30)35-16-23(31)27-21-12-8-11-20(14-21)25(32)34-17(2)3/h6-12,14,17H,1,13,15-16H2,2-5H3,(H,27,31). The fourth-order valence-corrected chi connectivity index (χ4v) is 4.11. The van der Waals surface area contributed by atoms with Crippen molar-refractivity contribution >= 4 is 29.3 Å². The first kappa shape index (κ1) is 26.0. The lowest BCUT2D eigenvalue weighted by atomic mass is 10.1. The summed E-state index contributed by atoms with van der Waals surface area (Å²) in [7, 11) is 0. The SMILES string of the molecule is C=CCn1c(COc2c(C)cccc2C)nnc1SCC(=O)Nc1cccc(C(=O)OC(C)C)c1. The Bertz CT molecular complexity index is 1190. The van der Waals surface area contributed by atoms with Gasteiger partial charge in [-0.2, -0.15) is 0 Å². The van der Waals surface area contributed by atoms with E-state index in [1.165, 1.54) is 11.8 Å². The summed E-state index contributed by atoms with van der Waals surface area (Å²) in [4.78, 5) is 24.7. The number of hydrogen-bond acceptors (Lipinski definition) is 7. The predicted octanol–water partition coefficient (Wildman–Crippen LogP) is 4.96. The van der Waals surface area contributed by atoms with Gasteiger partial charge in [-0.15, -0.1) is 16.8 Å². The Labute approximate surface area is 209 Å². The highest BCUT2D eigenvalue weighted by atomic mass is 32.2. The summed E-state index contributed by atoms with van der Waals surface area (Å²) in [6.07, 6.45) is 1.53. The molecule has 0 aliphatic heterocycles. The van der Waals surface area contributed by atoms with E-state index in [0.29, 0.717) is 28.8 Å².